The van der Waals surface area contributed by atoms with Crippen LogP contribution in [0.1, 0.15) is 24.8 Å². The summed E-state index contributed by atoms with van der Waals surface area (Å²) in [6, 6.07) is 15.1. The van der Waals surface area contributed by atoms with Gasteiger partial charge in [-0.25, -0.2) is 4.98 Å². The van der Waals surface area contributed by atoms with E-state index in [0.717, 1.165) is 16.3 Å². The van der Waals surface area contributed by atoms with Gasteiger partial charge in [-0.15, -0.1) is 0 Å². The molecule has 0 atom stereocenters. The zero-order valence-corrected chi connectivity index (χ0v) is 14.2. The molecule has 1 saturated heterocycles. The van der Waals surface area contributed by atoms with Crippen molar-refractivity contribution in [3.63, 3.8) is 0 Å². The van der Waals surface area contributed by atoms with E-state index >= 15 is 0 Å². The topological polar surface area (TPSA) is 28.2 Å². The molecular formula is C19H21N3S. The minimum absolute atomic E-state index is 0.958. The van der Waals surface area contributed by atoms with Gasteiger partial charge in [0.1, 0.15) is 0 Å². The zero-order chi connectivity index (χ0) is 15.6. The SMILES string of the molecule is Cc1cccc2sc(Nc3ccc(N4CCCCC4)cc3)nc12. The monoisotopic (exact) mass is 323 g/mol. The van der Waals surface area contributed by atoms with E-state index in [-0.39, 0.29) is 0 Å². The van der Waals surface area contributed by atoms with E-state index in [1.165, 1.54) is 48.3 Å². The zero-order valence-electron chi connectivity index (χ0n) is 13.4. The maximum absolute atomic E-state index is 4.72. The van der Waals surface area contributed by atoms with Gasteiger partial charge in [0, 0.05) is 24.5 Å². The van der Waals surface area contributed by atoms with Crippen LogP contribution in [0.3, 0.4) is 0 Å². The lowest BCUT2D eigenvalue weighted by molar-refractivity contribution is 0.578. The molecule has 3 aromatic rings. The summed E-state index contributed by atoms with van der Waals surface area (Å²) >= 11 is 1.71. The number of anilines is 3. The van der Waals surface area contributed by atoms with Gasteiger partial charge >= 0.3 is 0 Å². The molecule has 1 aromatic heterocycles. The highest BCUT2D eigenvalue weighted by Gasteiger charge is 2.11. The fraction of sp³-hybridized carbons (Fsp3) is 0.316. The molecule has 0 aliphatic carbocycles. The summed E-state index contributed by atoms with van der Waals surface area (Å²) in [5.74, 6) is 0. The van der Waals surface area contributed by atoms with E-state index in [0.29, 0.717) is 0 Å². The molecule has 0 amide bonds. The van der Waals surface area contributed by atoms with Crippen molar-refractivity contribution in [2.45, 2.75) is 26.2 Å². The Kier molecular flexibility index (Phi) is 3.92. The van der Waals surface area contributed by atoms with Crippen LogP contribution in [0.5, 0.6) is 0 Å². The second kappa shape index (κ2) is 6.20. The van der Waals surface area contributed by atoms with Crippen LogP contribution in [-0.4, -0.2) is 18.1 Å². The minimum Gasteiger partial charge on any atom is -0.372 e. The maximum Gasteiger partial charge on any atom is 0.188 e. The molecule has 0 radical (unpaired) electrons. The van der Waals surface area contributed by atoms with E-state index in [9.17, 15) is 0 Å². The molecule has 2 heterocycles. The second-order valence-electron chi connectivity index (χ2n) is 6.16. The van der Waals surface area contributed by atoms with Crippen molar-refractivity contribution < 1.29 is 0 Å². The number of fused-ring (bicyclic) bond motifs is 1. The molecule has 2 aromatic carbocycles. The molecule has 0 spiro atoms. The number of thiazole rings is 1. The Labute approximate surface area is 141 Å². The van der Waals surface area contributed by atoms with Crippen molar-refractivity contribution in [2.75, 3.05) is 23.3 Å². The number of nitrogens with zero attached hydrogens (tertiary/aromatic N) is 2. The highest BCUT2D eigenvalue weighted by molar-refractivity contribution is 7.22. The smallest absolute Gasteiger partial charge is 0.188 e. The molecule has 23 heavy (non-hydrogen) atoms. The number of rotatable bonds is 3. The number of nitrogens with one attached hydrogen (secondary N) is 1. The first-order valence-electron chi connectivity index (χ1n) is 8.28. The molecule has 4 rings (SSSR count). The van der Waals surface area contributed by atoms with Gasteiger partial charge in [-0.05, 0) is 62.1 Å². The molecule has 1 aliphatic heterocycles. The largest absolute Gasteiger partial charge is 0.372 e. The summed E-state index contributed by atoms with van der Waals surface area (Å²) in [6.07, 6.45) is 3.99. The summed E-state index contributed by atoms with van der Waals surface area (Å²) < 4.78 is 1.23. The Morgan fingerprint density at radius 1 is 1.00 bits per heavy atom. The number of aromatic nitrogens is 1. The first-order chi connectivity index (χ1) is 11.3. The summed E-state index contributed by atoms with van der Waals surface area (Å²) in [7, 11) is 0. The lowest BCUT2D eigenvalue weighted by atomic mass is 10.1. The molecule has 118 valence electrons. The molecule has 1 fully saturated rings. The number of hydrogen-bond acceptors (Lipinski definition) is 4. The summed E-state index contributed by atoms with van der Waals surface area (Å²) in [6.45, 7) is 4.48. The first-order valence-corrected chi connectivity index (χ1v) is 9.09. The van der Waals surface area contributed by atoms with Crippen LogP contribution in [0.25, 0.3) is 10.2 Å². The molecule has 1 N–H and O–H groups in total. The molecule has 0 saturated carbocycles. The molecule has 0 bridgehead atoms. The third-order valence-electron chi connectivity index (χ3n) is 4.46. The van der Waals surface area contributed by atoms with Crippen LogP contribution in [0.4, 0.5) is 16.5 Å². The van der Waals surface area contributed by atoms with Gasteiger partial charge < -0.3 is 10.2 Å². The van der Waals surface area contributed by atoms with E-state index in [2.05, 4.69) is 59.6 Å². The maximum atomic E-state index is 4.72. The molecule has 1 aliphatic rings. The third-order valence-corrected chi connectivity index (χ3v) is 5.40. The lowest BCUT2D eigenvalue weighted by Crippen LogP contribution is -2.29. The molecular weight excluding hydrogens is 302 g/mol. The molecule has 4 heteroatoms. The van der Waals surface area contributed by atoms with Gasteiger partial charge in [-0.2, -0.15) is 0 Å². The Hall–Kier alpha value is -2.07. The standard InChI is InChI=1S/C19H21N3S/c1-14-6-5-7-17-18(14)21-19(23-17)20-15-8-10-16(11-9-15)22-12-3-2-4-13-22/h5-11H,2-4,12-13H2,1H3,(H,20,21). The predicted molar refractivity (Wildman–Crippen MR) is 100 cm³/mol. The highest BCUT2D eigenvalue weighted by Crippen LogP contribution is 2.30. The molecule has 3 nitrogen and oxygen atoms in total. The van der Waals surface area contributed by atoms with Gasteiger partial charge in [0.05, 0.1) is 10.2 Å². The van der Waals surface area contributed by atoms with Crippen molar-refractivity contribution in [1.29, 1.82) is 0 Å². The number of para-hydroxylation sites is 1. The van der Waals surface area contributed by atoms with Crippen molar-refractivity contribution in [3.05, 3.63) is 48.0 Å². The quantitative estimate of drug-likeness (QED) is 0.705. The summed E-state index contributed by atoms with van der Waals surface area (Å²) in [4.78, 5) is 7.20. The van der Waals surface area contributed by atoms with E-state index in [1.54, 1.807) is 11.3 Å². The highest BCUT2D eigenvalue weighted by atomic mass is 32.1. The van der Waals surface area contributed by atoms with Gasteiger partial charge in [-0.1, -0.05) is 23.5 Å². The van der Waals surface area contributed by atoms with Gasteiger partial charge in [0.2, 0.25) is 0 Å². The van der Waals surface area contributed by atoms with Crippen LogP contribution < -0.4 is 10.2 Å². The van der Waals surface area contributed by atoms with Crippen molar-refractivity contribution in [1.82, 2.24) is 4.98 Å². The van der Waals surface area contributed by atoms with Crippen molar-refractivity contribution in [2.24, 2.45) is 0 Å². The predicted octanol–water partition coefficient (Wildman–Crippen LogP) is 5.34. The van der Waals surface area contributed by atoms with Gasteiger partial charge in [-0.3, -0.25) is 0 Å². The Morgan fingerprint density at radius 2 is 1.78 bits per heavy atom. The Balaban J connectivity index is 1.52. The summed E-state index contributed by atoms with van der Waals surface area (Å²) in [5, 5.41) is 4.40. The van der Waals surface area contributed by atoms with Crippen LogP contribution in [0.15, 0.2) is 42.5 Å². The average Bonchev–Trinajstić information content (AvgIpc) is 3.00. The number of piperidine rings is 1. The fourth-order valence-electron chi connectivity index (χ4n) is 3.17. The minimum atomic E-state index is 0.958. The van der Waals surface area contributed by atoms with Crippen LogP contribution in [0.2, 0.25) is 0 Å². The van der Waals surface area contributed by atoms with Crippen LogP contribution in [-0.2, 0) is 0 Å². The van der Waals surface area contributed by atoms with E-state index < -0.39 is 0 Å². The Bertz CT molecular complexity index is 801. The molecule has 0 unspecified atom stereocenters. The van der Waals surface area contributed by atoms with E-state index in [4.69, 9.17) is 4.98 Å². The normalized spacial score (nSPS) is 15.1. The summed E-state index contributed by atoms with van der Waals surface area (Å²) in [5.41, 5.74) is 4.76. The number of hydrogen-bond donors (Lipinski definition) is 1. The first kappa shape index (κ1) is 14.5. The van der Waals surface area contributed by atoms with Crippen molar-refractivity contribution in [3.8, 4) is 0 Å². The van der Waals surface area contributed by atoms with Crippen LogP contribution in [0, 0.1) is 6.92 Å². The third kappa shape index (κ3) is 3.04. The van der Waals surface area contributed by atoms with E-state index in [1.807, 2.05) is 0 Å². The van der Waals surface area contributed by atoms with Crippen LogP contribution >= 0.6 is 11.3 Å². The number of benzene rings is 2. The average molecular weight is 323 g/mol. The second-order valence-corrected chi connectivity index (χ2v) is 7.19. The lowest BCUT2D eigenvalue weighted by Gasteiger charge is -2.28. The van der Waals surface area contributed by atoms with Gasteiger partial charge in [0.25, 0.3) is 0 Å². The number of aryl methyl sites for hydroxylation is 1. The Morgan fingerprint density at radius 3 is 2.52 bits per heavy atom. The fourth-order valence-corrected chi connectivity index (χ4v) is 4.13. The van der Waals surface area contributed by atoms with Crippen molar-refractivity contribution >= 4 is 38.1 Å². The van der Waals surface area contributed by atoms with Gasteiger partial charge in [0.15, 0.2) is 5.13 Å².